The van der Waals surface area contributed by atoms with E-state index in [1.807, 2.05) is 0 Å². The van der Waals surface area contributed by atoms with Crippen molar-refractivity contribution in [2.45, 2.75) is 250 Å². The summed E-state index contributed by atoms with van der Waals surface area (Å²) in [5, 5.41) is 40.3. The number of unbranched alkanes of at least 4 members (excludes halogenated alkanes) is 22. The molecule has 0 radical (unpaired) electrons. The topological polar surface area (TPSA) is 135 Å². The fraction of sp³-hybridized carbons (Fsp3) is 0.768. The zero-order valence-corrected chi connectivity index (χ0v) is 41.5. The molecule has 1 rings (SSSR count). The standard InChI is InChI=1S/C56H98O9/c1-3-5-7-9-11-13-15-17-19-21-23-24-25-26-27-28-30-32-34-36-38-40-42-44-46-62-48-50(49-63-56-55(61)54(60)53(59)51(47-57)65-56)64-52(58)45-43-41-39-37-35-33-31-29-22-20-18-16-14-12-10-8-6-4-2/h5,7,11,13,17,19-20,22-24,26-27,50-51,53-57,59-61H,3-4,6,8-10,12,14-16,18,21,25,28-49H2,1-2H3/b7-5-,13-11-,19-17-,22-20-,24-23-,27-26-. The minimum atomic E-state index is -1.54. The molecule has 376 valence electrons. The van der Waals surface area contributed by atoms with E-state index >= 15 is 0 Å². The molecule has 1 aliphatic rings. The van der Waals surface area contributed by atoms with Crippen LogP contribution in [-0.4, -0.2) is 89.6 Å². The monoisotopic (exact) mass is 915 g/mol. The van der Waals surface area contributed by atoms with Gasteiger partial charge < -0.3 is 39.4 Å². The molecule has 6 atom stereocenters. The second-order valence-corrected chi connectivity index (χ2v) is 17.9. The summed E-state index contributed by atoms with van der Waals surface area (Å²) in [6.07, 6.45) is 55.0. The van der Waals surface area contributed by atoms with E-state index in [1.165, 1.54) is 116 Å². The largest absolute Gasteiger partial charge is 0.457 e. The molecule has 0 saturated carbocycles. The van der Waals surface area contributed by atoms with E-state index in [0.717, 1.165) is 77.0 Å². The molecule has 0 aromatic carbocycles. The number of allylic oxidation sites excluding steroid dienone is 12. The summed E-state index contributed by atoms with van der Waals surface area (Å²) in [5.74, 6) is -0.322. The summed E-state index contributed by atoms with van der Waals surface area (Å²) in [4.78, 5) is 12.8. The number of aliphatic hydroxyl groups excluding tert-OH is 4. The van der Waals surface area contributed by atoms with Crippen molar-refractivity contribution in [2.75, 3.05) is 26.4 Å². The Morgan fingerprint density at radius 1 is 0.508 bits per heavy atom. The van der Waals surface area contributed by atoms with Crippen molar-refractivity contribution in [1.82, 2.24) is 0 Å². The number of hydrogen-bond donors (Lipinski definition) is 4. The van der Waals surface area contributed by atoms with Crippen molar-refractivity contribution < 1.29 is 44.2 Å². The van der Waals surface area contributed by atoms with Crippen LogP contribution in [0.5, 0.6) is 0 Å². The number of rotatable bonds is 45. The van der Waals surface area contributed by atoms with Crippen molar-refractivity contribution in [1.29, 1.82) is 0 Å². The van der Waals surface area contributed by atoms with Crippen LogP contribution in [0.2, 0.25) is 0 Å². The number of aliphatic hydroxyl groups is 4. The molecule has 65 heavy (non-hydrogen) atoms. The summed E-state index contributed by atoms with van der Waals surface area (Å²) in [6.45, 7) is 4.43. The lowest BCUT2D eigenvalue weighted by Crippen LogP contribution is -2.59. The molecule has 0 aromatic rings. The van der Waals surface area contributed by atoms with Gasteiger partial charge in [0.15, 0.2) is 6.29 Å². The fourth-order valence-electron chi connectivity index (χ4n) is 7.75. The average molecular weight is 915 g/mol. The van der Waals surface area contributed by atoms with Crippen LogP contribution in [0.15, 0.2) is 72.9 Å². The highest BCUT2D eigenvalue weighted by Gasteiger charge is 2.44. The van der Waals surface area contributed by atoms with Crippen molar-refractivity contribution in [2.24, 2.45) is 0 Å². The van der Waals surface area contributed by atoms with Crippen LogP contribution in [0, 0.1) is 0 Å². The van der Waals surface area contributed by atoms with Crippen LogP contribution >= 0.6 is 0 Å². The maximum Gasteiger partial charge on any atom is 0.306 e. The van der Waals surface area contributed by atoms with Gasteiger partial charge in [0.1, 0.15) is 30.5 Å². The molecule has 1 heterocycles. The normalized spacial score (nSPS) is 20.0. The first-order valence-electron chi connectivity index (χ1n) is 26.5. The van der Waals surface area contributed by atoms with Crippen LogP contribution < -0.4 is 0 Å². The van der Waals surface area contributed by atoms with E-state index in [0.29, 0.717) is 13.0 Å². The molecule has 6 unspecified atom stereocenters. The zero-order chi connectivity index (χ0) is 47.1. The molecular weight excluding hydrogens is 817 g/mol. The third-order valence-electron chi connectivity index (χ3n) is 11.9. The molecule has 4 N–H and O–H groups in total. The van der Waals surface area contributed by atoms with Gasteiger partial charge in [-0.25, -0.2) is 0 Å². The maximum absolute atomic E-state index is 12.8. The number of esters is 1. The summed E-state index contributed by atoms with van der Waals surface area (Å²) in [6, 6.07) is 0. The van der Waals surface area contributed by atoms with Gasteiger partial charge in [-0.05, 0) is 83.5 Å². The Labute approximate surface area is 397 Å². The molecule has 1 aliphatic heterocycles. The highest BCUT2D eigenvalue weighted by molar-refractivity contribution is 5.69. The zero-order valence-electron chi connectivity index (χ0n) is 41.5. The lowest BCUT2D eigenvalue weighted by Gasteiger charge is -2.39. The van der Waals surface area contributed by atoms with E-state index in [-0.39, 0.29) is 19.2 Å². The van der Waals surface area contributed by atoms with Crippen LogP contribution in [0.4, 0.5) is 0 Å². The van der Waals surface area contributed by atoms with Gasteiger partial charge in [0, 0.05) is 13.0 Å². The third-order valence-corrected chi connectivity index (χ3v) is 11.9. The maximum atomic E-state index is 12.8. The summed E-state index contributed by atoms with van der Waals surface area (Å²) >= 11 is 0. The highest BCUT2D eigenvalue weighted by atomic mass is 16.7. The van der Waals surface area contributed by atoms with Gasteiger partial charge in [-0.15, -0.1) is 0 Å². The minimum absolute atomic E-state index is 0.121. The van der Waals surface area contributed by atoms with Gasteiger partial charge >= 0.3 is 5.97 Å². The Morgan fingerprint density at radius 3 is 1.43 bits per heavy atom. The number of hydrogen-bond acceptors (Lipinski definition) is 9. The van der Waals surface area contributed by atoms with Gasteiger partial charge in [-0.3, -0.25) is 4.79 Å². The molecule has 0 amide bonds. The molecule has 9 heteroatoms. The van der Waals surface area contributed by atoms with Crippen LogP contribution in [0.3, 0.4) is 0 Å². The van der Waals surface area contributed by atoms with E-state index in [4.69, 9.17) is 18.9 Å². The van der Waals surface area contributed by atoms with E-state index < -0.39 is 43.4 Å². The van der Waals surface area contributed by atoms with Crippen molar-refractivity contribution in [3.63, 3.8) is 0 Å². The number of carbonyl (C=O) groups is 1. The van der Waals surface area contributed by atoms with Gasteiger partial charge in [0.2, 0.25) is 0 Å². The minimum Gasteiger partial charge on any atom is -0.457 e. The predicted octanol–water partition coefficient (Wildman–Crippen LogP) is 13.2. The first kappa shape index (κ1) is 60.6. The summed E-state index contributed by atoms with van der Waals surface area (Å²) in [7, 11) is 0. The van der Waals surface area contributed by atoms with Gasteiger partial charge in [-0.1, -0.05) is 196 Å². The molecule has 0 spiro atoms. The van der Waals surface area contributed by atoms with Gasteiger partial charge in [0.05, 0.1) is 19.8 Å². The molecule has 1 saturated heterocycles. The molecule has 1 fully saturated rings. The number of ether oxygens (including phenoxy) is 4. The Morgan fingerprint density at radius 2 is 0.938 bits per heavy atom. The van der Waals surface area contributed by atoms with Gasteiger partial charge in [0.25, 0.3) is 0 Å². The van der Waals surface area contributed by atoms with Gasteiger partial charge in [-0.2, -0.15) is 0 Å². The Hall–Kier alpha value is -2.37. The highest BCUT2D eigenvalue weighted by Crippen LogP contribution is 2.23. The van der Waals surface area contributed by atoms with E-state index in [9.17, 15) is 25.2 Å². The predicted molar refractivity (Wildman–Crippen MR) is 270 cm³/mol. The van der Waals surface area contributed by atoms with Crippen molar-refractivity contribution in [3.05, 3.63) is 72.9 Å². The molecular formula is C56H98O9. The SMILES string of the molecule is CC/C=C\C/C=C\C/C=C\C/C=C\C/C=C\CCCCCCCCCCOCC(COC1OC(CO)C(O)C(O)C1O)OC(=O)CCCCCCCCC/C=C\CCCCCCCCC. The second kappa shape index (κ2) is 46.7. The quantitative estimate of drug-likeness (QED) is 0.0267. The average Bonchev–Trinajstić information content (AvgIpc) is 3.31. The second-order valence-electron chi connectivity index (χ2n) is 17.9. The van der Waals surface area contributed by atoms with Crippen molar-refractivity contribution in [3.8, 4) is 0 Å². The first-order chi connectivity index (χ1) is 31.9. The molecule has 0 aliphatic carbocycles. The van der Waals surface area contributed by atoms with Crippen molar-refractivity contribution >= 4 is 5.97 Å². The van der Waals surface area contributed by atoms with E-state index in [1.54, 1.807) is 0 Å². The van der Waals surface area contributed by atoms with Crippen LogP contribution in [0.1, 0.15) is 213 Å². The smallest absolute Gasteiger partial charge is 0.306 e. The lowest BCUT2D eigenvalue weighted by atomic mass is 9.99. The Bertz CT molecular complexity index is 1220. The molecule has 0 aromatic heterocycles. The first-order valence-corrected chi connectivity index (χ1v) is 26.5. The summed E-state index contributed by atoms with van der Waals surface area (Å²) < 4.78 is 22.9. The summed E-state index contributed by atoms with van der Waals surface area (Å²) in [5.41, 5.74) is 0. The molecule has 9 nitrogen and oxygen atoms in total. The van der Waals surface area contributed by atoms with Crippen LogP contribution in [0.25, 0.3) is 0 Å². The third kappa shape index (κ3) is 37.3. The Balaban J connectivity index is 2.21. The number of carbonyl (C=O) groups excluding carboxylic acids is 1. The van der Waals surface area contributed by atoms with E-state index in [2.05, 4.69) is 86.8 Å². The fourth-order valence-corrected chi connectivity index (χ4v) is 7.75. The Kier molecular flexibility index (Phi) is 43.6. The lowest BCUT2D eigenvalue weighted by molar-refractivity contribution is -0.305. The molecule has 0 bridgehead atoms. The van der Waals surface area contributed by atoms with Crippen LogP contribution in [-0.2, 0) is 23.7 Å².